The maximum Gasteiger partial charge on any atom is 0.0897 e. The van der Waals surface area contributed by atoms with Gasteiger partial charge in [-0.2, -0.15) is 0 Å². The molecule has 0 bridgehead atoms. The molecule has 1 aliphatic rings. The molecule has 0 aliphatic heterocycles. The second-order valence-electron chi connectivity index (χ2n) is 5.67. The molecule has 2 N–H and O–H groups in total. The Morgan fingerprint density at radius 2 is 1.84 bits per heavy atom. The van der Waals surface area contributed by atoms with E-state index in [1.54, 1.807) is 7.11 Å². The molecular weight excluding hydrogens is 242 g/mol. The summed E-state index contributed by atoms with van der Waals surface area (Å²) >= 11 is 0. The predicted octanol–water partition coefficient (Wildman–Crippen LogP) is 1.82. The number of ether oxygens (including phenoxy) is 2. The smallest absolute Gasteiger partial charge is 0.0897 e. The summed E-state index contributed by atoms with van der Waals surface area (Å²) in [4.78, 5) is 0. The molecule has 0 heterocycles. The molecule has 19 heavy (non-hydrogen) atoms. The molecule has 114 valence electrons. The first-order valence-electron chi connectivity index (χ1n) is 7.71. The lowest BCUT2D eigenvalue weighted by molar-refractivity contribution is 0.0134. The SMILES string of the molecule is CCC1CCC(CNCC(O)COCCOC)CC1. The van der Waals surface area contributed by atoms with Gasteiger partial charge in [-0.25, -0.2) is 0 Å². The molecule has 0 aromatic carbocycles. The Bertz CT molecular complexity index is 206. The van der Waals surface area contributed by atoms with Crippen LogP contribution in [0.5, 0.6) is 0 Å². The maximum atomic E-state index is 9.73. The summed E-state index contributed by atoms with van der Waals surface area (Å²) in [5.41, 5.74) is 0. The monoisotopic (exact) mass is 273 g/mol. The highest BCUT2D eigenvalue weighted by Crippen LogP contribution is 2.29. The highest BCUT2D eigenvalue weighted by atomic mass is 16.5. The molecule has 0 spiro atoms. The summed E-state index contributed by atoms with van der Waals surface area (Å²) in [6.07, 6.45) is 6.36. The van der Waals surface area contributed by atoms with Crippen molar-refractivity contribution in [3.8, 4) is 0 Å². The average molecular weight is 273 g/mol. The van der Waals surface area contributed by atoms with Gasteiger partial charge in [0.2, 0.25) is 0 Å². The van der Waals surface area contributed by atoms with E-state index in [1.807, 2.05) is 0 Å². The fourth-order valence-electron chi connectivity index (χ4n) is 2.72. The lowest BCUT2D eigenvalue weighted by Gasteiger charge is -2.28. The first-order valence-corrected chi connectivity index (χ1v) is 7.71. The standard InChI is InChI=1S/C15H31NO3/c1-3-13-4-6-14(7-5-13)10-16-11-15(17)12-19-9-8-18-2/h13-17H,3-12H2,1-2H3. The number of rotatable bonds is 10. The van der Waals surface area contributed by atoms with E-state index in [9.17, 15) is 5.11 Å². The third-order valence-electron chi connectivity index (χ3n) is 4.10. The number of aliphatic hydroxyl groups is 1. The van der Waals surface area contributed by atoms with Crippen LogP contribution in [0.25, 0.3) is 0 Å². The van der Waals surface area contributed by atoms with Crippen LogP contribution in [0.3, 0.4) is 0 Å². The van der Waals surface area contributed by atoms with E-state index >= 15 is 0 Å². The first-order chi connectivity index (χ1) is 9.26. The molecule has 1 rings (SSSR count). The molecule has 0 aromatic heterocycles. The van der Waals surface area contributed by atoms with Gasteiger partial charge in [0.15, 0.2) is 0 Å². The van der Waals surface area contributed by atoms with Crippen LogP contribution >= 0.6 is 0 Å². The zero-order valence-corrected chi connectivity index (χ0v) is 12.6. The van der Waals surface area contributed by atoms with Gasteiger partial charge in [0.05, 0.1) is 25.9 Å². The van der Waals surface area contributed by atoms with Crippen molar-refractivity contribution >= 4 is 0 Å². The number of aliphatic hydroxyl groups excluding tert-OH is 1. The van der Waals surface area contributed by atoms with Gasteiger partial charge in [0, 0.05) is 13.7 Å². The summed E-state index contributed by atoms with van der Waals surface area (Å²) in [6.45, 7) is 5.48. The molecule has 1 atom stereocenters. The van der Waals surface area contributed by atoms with Crippen molar-refractivity contribution in [1.82, 2.24) is 5.32 Å². The van der Waals surface area contributed by atoms with E-state index in [-0.39, 0.29) is 0 Å². The van der Waals surface area contributed by atoms with Crippen LogP contribution in [0, 0.1) is 11.8 Å². The fraction of sp³-hybridized carbons (Fsp3) is 1.00. The van der Waals surface area contributed by atoms with Gasteiger partial charge in [-0.15, -0.1) is 0 Å². The van der Waals surface area contributed by atoms with E-state index in [1.165, 1.54) is 32.1 Å². The van der Waals surface area contributed by atoms with Crippen molar-refractivity contribution in [3.63, 3.8) is 0 Å². The summed E-state index contributed by atoms with van der Waals surface area (Å²) in [6, 6.07) is 0. The second kappa shape index (κ2) is 10.6. The van der Waals surface area contributed by atoms with Crippen LogP contribution in [0.15, 0.2) is 0 Å². The van der Waals surface area contributed by atoms with Crippen molar-refractivity contribution in [2.45, 2.75) is 45.1 Å². The van der Waals surface area contributed by atoms with Gasteiger partial charge in [0.1, 0.15) is 0 Å². The Labute approximate surface area is 117 Å². The van der Waals surface area contributed by atoms with Crippen LogP contribution in [0.4, 0.5) is 0 Å². The van der Waals surface area contributed by atoms with E-state index in [0.29, 0.717) is 26.4 Å². The highest BCUT2D eigenvalue weighted by Gasteiger charge is 2.19. The van der Waals surface area contributed by atoms with Crippen molar-refractivity contribution in [2.75, 3.05) is 40.0 Å². The van der Waals surface area contributed by atoms with Crippen molar-refractivity contribution in [3.05, 3.63) is 0 Å². The number of hydrogen-bond acceptors (Lipinski definition) is 4. The minimum Gasteiger partial charge on any atom is -0.389 e. The van der Waals surface area contributed by atoms with Gasteiger partial charge in [0.25, 0.3) is 0 Å². The molecule has 0 aromatic rings. The Hall–Kier alpha value is -0.160. The molecular formula is C15H31NO3. The van der Waals surface area contributed by atoms with Gasteiger partial charge in [-0.05, 0) is 31.2 Å². The quantitative estimate of drug-likeness (QED) is 0.596. The summed E-state index contributed by atoms with van der Waals surface area (Å²) in [7, 11) is 1.65. The van der Waals surface area contributed by atoms with Gasteiger partial charge in [-0.3, -0.25) is 0 Å². The zero-order valence-electron chi connectivity index (χ0n) is 12.6. The Morgan fingerprint density at radius 3 is 2.47 bits per heavy atom. The normalized spacial score (nSPS) is 25.4. The Balaban J connectivity index is 1.95. The molecule has 0 saturated heterocycles. The predicted molar refractivity (Wildman–Crippen MR) is 77.3 cm³/mol. The third-order valence-corrected chi connectivity index (χ3v) is 4.10. The largest absolute Gasteiger partial charge is 0.389 e. The van der Waals surface area contributed by atoms with E-state index in [0.717, 1.165) is 18.4 Å². The second-order valence-corrected chi connectivity index (χ2v) is 5.67. The number of hydrogen-bond donors (Lipinski definition) is 2. The van der Waals surface area contributed by atoms with Crippen LogP contribution in [-0.2, 0) is 9.47 Å². The van der Waals surface area contributed by atoms with Gasteiger partial charge < -0.3 is 19.9 Å². The molecule has 1 aliphatic carbocycles. The average Bonchev–Trinajstić information content (AvgIpc) is 2.44. The van der Waals surface area contributed by atoms with E-state index in [4.69, 9.17) is 9.47 Å². The minimum absolute atomic E-state index is 0.388. The van der Waals surface area contributed by atoms with Gasteiger partial charge >= 0.3 is 0 Å². The van der Waals surface area contributed by atoms with Crippen LogP contribution < -0.4 is 5.32 Å². The highest BCUT2D eigenvalue weighted by molar-refractivity contribution is 4.73. The van der Waals surface area contributed by atoms with Crippen LogP contribution in [0.1, 0.15) is 39.0 Å². The number of methoxy groups -OCH3 is 1. The van der Waals surface area contributed by atoms with E-state index in [2.05, 4.69) is 12.2 Å². The lowest BCUT2D eigenvalue weighted by atomic mass is 9.81. The minimum atomic E-state index is -0.413. The molecule has 1 unspecified atom stereocenters. The summed E-state index contributed by atoms with van der Waals surface area (Å²) < 4.78 is 10.2. The molecule has 0 radical (unpaired) electrons. The van der Waals surface area contributed by atoms with Crippen molar-refractivity contribution < 1.29 is 14.6 Å². The maximum absolute atomic E-state index is 9.73. The Morgan fingerprint density at radius 1 is 1.16 bits per heavy atom. The Kier molecular flexibility index (Phi) is 9.43. The van der Waals surface area contributed by atoms with Crippen molar-refractivity contribution in [1.29, 1.82) is 0 Å². The molecule has 4 heteroatoms. The number of nitrogens with one attached hydrogen (secondary N) is 1. The molecule has 1 fully saturated rings. The third kappa shape index (κ3) is 7.88. The van der Waals surface area contributed by atoms with Crippen molar-refractivity contribution in [2.24, 2.45) is 11.8 Å². The fourth-order valence-corrected chi connectivity index (χ4v) is 2.72. The molecule has 0 amide bonds. The topological polar surface area (TPSA) is 50.7 Å². The molecule has 1 saturated carbocycles. The van der Waals surface area contributed by atoms with Crippen LogP contribution in [-0.4, -0.2) is 51.2 Å². The van der Waals surface area contributed by atoms with Crippen LogP contribution in [0.2, 0.25) is 0 Å². The lowest BCUT2D eigenvalue weighted by Crippen LogP contribution is -2.34. The summed E-state index contributed by atoms with van der Waals surface area (Å²) in [5.74, 6) is 1.75. The summed E-state index contributed by atoms with van der Waals surface area (Å²) in [5, 5.41) is 13.1. The van der Waals surface area contributed by atoms with Gasteiger partial charge in [-0.1, -0.05) is 26.2 Å². The zero-order chi connectivity index (χ0) is 13.9. The molecule has 4 nitrogen and oxygen atoms in total. The van der Waals surface area contributed by atoms with E-state index < -0.39 is 6.10 Å². The first kappa shape index (κ1) is 16.9.